The quantitative estimate of drug-likeness (QED) is 0.765. The highest BCUT2D eigenvalue weighted by molar-refractivity contribution is 7.16. The molecule has 0 fully saturated rings. The third-order valence-electron chi connectivity index (χ3n) is 1.57. The number of nitrogens with one attached hydrogen (secondary N) is 2. The Kier molecular flexibility index (Phi) is 4.31. The summed E-state index contributed by atoms with van der Waals surface area (Å²) in [7, 11) is 1.83. The molecule has 1 amide bonds. The Balaban J connectivity index is 2.56. The molecule has 6 heteroatoms. The van der Waals surface area contributed by atoms with Gasteiger partial charge in [-0.05, 0) is 14.0 Å². The number of aryl methyl sites for hydroxylation is 1. The van der Waals surface area contributed by atoms with Gasteiger partial charge in [-0.2, -0.15) is 0 Å². The number of thiazole rings is 1. The van der Waals surface area contributed by atoms with Crippen LogP contribution in [0.2, 0.25) is 4.34 Å². The lowest BCUT2D eigenvalue weighted by Gasteiger charge is -2.01. The zero-order valence-electron chi connectivity index (χ0n) is 8.06. The first kappa shape index (κ1) is 11.4. The van der Waals surface area contributed by atoms with E-state index in [1.807, 2.05) is 14.0 Å². The Hall–Kier alpha value is -0.650. The number of hydrogen-bond donors (Lipinski definition) is 2. The molecule has 4 nitrogen and oxygen atoms in total. The van der Waals surface area contributed by atoms with E-state index < -0.39 is 0 Å². The van der Waals surface area contributed by atoms with Gasteiger partial charge in [0, 0.05) is 13.1 Å². The van der Waals surface area contributed by atoms with Gasteiger partial charge in [0.15, 0.2) is 5.69 Å². The number of likely N-dealkylation sites (N-methyl/N-ethyl adjacent to an activating group) is 1. The fourth-order valence-corrected chi connectivity index (χ4v) is 2.02. The van der Waals surface area contributed by atoms with Crippen molar-refractivity contribution in [3.63, 3.8) is 0 Å². The third kappa shape index (κ3) is 2.94. The highest BCUT2D eigenvalue weighted by Crippen LogP contribution is 2.23. The molecule has 0 atom stereocenters. The minimum absolute atomic E-state index is 0.213. The Morgan fingerprint density at radius 2 is 2.29 bits per heavy atom. The number of carbonyl (C=O) groups is 1. The van der Waals surface area contributed by atoms with Crippen molar-refractivity contribution >= 4 is 28.8 Å². The van der Waals surface area contributed by atoms with Gasteiger partial charge in [0.2, 0.25) is 0 Å². The molecule has 0 saturated heterocycles. The van der Waals surface area contributed by atoms with Gasteiger partial charge in [-0.1, -0.05) is 11.6 Å². The number of aromatic nitrogens is 1. The van der Waals surface area contributed by atoms with E-state index in [0.29, 0.717) is 16.6 Å². The van der Waals surface area contributed by atoms with Crippen molar-refractivity contribution in [2.45, 2.75) is 6.92 Å². The lowest BCUT2D eigenvalue weighted by Crippen LogP contribution is -2.30. The van der Waals surface area contributed by atoms with Gasteiger partial charge in [0.25, 0.3) is 5.91 Å². The molecule has 0 aliphatic heterocycles. The minimum atomic E-state index is -0.213. The third-order valence-corrected chi connectivity index (χ3v) is 2.74. The van der Waals surface area contributed by atoms with Crippen molar-refractivity contribution in [3.05, 3.63) is 15.0 Å². The maximum atomic E-state index is 11.5. The van der Waals surface area contributed by atoms with Crippen LogP contribution in [-0.2, 0) is 0 Å². The highest BCUT2D eigenvalue weighted by Gasteiger charge is 2.14. The van der Waals surface area contributed by atoms with E-state index in [4.69, 9.17) is 11.6 Å². The molecular formula is C8H12ClN3OS. The monoisotopic (exact) mass is 233 g/mol. The van der Waals surface area contributed by atoms with Gasteiger partial charge in [-0.25, -0.2) is 4.98 Å². The number of halogens is 1. The number of amides is 1. The first-order chi connectivity index (χ1) is 6.65. The van der Waals surface area contributed by atoms with Crippen LogP contribution < -0.4 is 10.6 Å². The maximum Gasteiger partial charge on any atom is 0.272 e. The second-order valence-corrected chi connectivity index (χ2v) is 4.52. The molecule has 1 rings (SSSR count). The van der Waals surface area contributed by atoms with Crippen molar-refractivity contribution in [3.8, 4) is 0 Å². The second-order valence-electron chi connectivity index (χ2n) is 2.71. The summed E-state index contributed by atoms with van der Waals surface area (Å²) in [5.74, 6) is -0.213. The van der Waals surface area contributed by atoms with Gasteiger partial charge in [-0.3, -0.25) is 4.79 Å². The molecule has 0 saturated carbocycles. The van der Waals surface area contributed by atoms with E-state index in [-0.39, 0.29) is 5.91 Å². The number of rotatable bonds is 4. The van der Waals surface area contributed by atoms with Gasteiger partial charge in [0.1, 0.15) is 4.34 Å². The van der Waals surface area contributed by atoms with Crippen molar-refractivity contribution in [2.24, 2.45) is 0 Å². The van der Waals surface area contributed by atoms with E-state index in [1.165, 1.54) is 11.3 Å². The van der Waals surface area contributed by atoms with Crippen LogP contribution in [0.5, 0.6) is 0 Å². The Morgan fingerprint density at radius 3 is 2.79 bits per heavy atom. The van der Waals surface area contributed by atoms with Crippen LogP contribution in [0.25, 0.3) is 0 Å². The molecule has 78 valence electrons. The molecule has 0 aliphatic carbocycles. The summed E-state index contributed by atoms with van der Waals surface area (Å²) >= 11 is 7.15. The van der Waals surface area contributed by atoms with Crippen molar-refractivity contribution < 1.29 is 4.79 Å². The first-order valence-corrected chi connectivity index (χ1v) is 5.40. The fourth-order valence-electron chi connectivity index (χ4n) is 0.927. The Bertz CT molecular complexity index is 326. The van der Waals surface area contributed by atoms with Gasteiger partial charge < -0.3 is 10.6 Å². The molecular weight excluding hydrogens is 222 g/mol. The summed E-state index contributed by atoms with van der Waals surface area (Å²) in [6.07, 6.45) is 0. The van der Waals surface area contributed by atoms with Crippen LogP contribution in [0.4, 0.5) is 0 Å². The molecule has 0 spiro atoms. The summed E-state index contributed by atoms with van der Waals surface area (Å²) in [4.78, 5) is 15.5. The van der Waals surface area contributed by atoms with E-state index in [1.54, 1.807) is 0 Å². The first-order valence-electron chi connectivity index (χ1n) is 4.21. The van der Waals surface area contributed by atoms with Crippen LogP contribution in [-0.4, -0.2) is 31.0 Å². The summed E-state index contributed by atoms with van der Waals surface area (Å²) in [6, 6.07) is 0. The summed E-state index contributed by atoms with van der Waals surface area (Å²) in [5, 5.41) is 6.44. The predicted molar refractivity (Wildman–Crippen MR) is 58.1 cm³/mol. The molecule has 0 radical (unpaired) electrons. The fraction of sp³-hybridized carbons (Fsp3) is 0.500. The molecule has 2 N–H and O–H groups in total. The van der Waals surface area contributed by atoms with Crippen molar-refractivity contribution in [1.82, 2.24) is 15.6 Å². The molecule has 0 aromatic carbocycles. The largest absolute Gasteiger partial charge is 0.349 e. The molecule has 0 bridgehead atoms. The average Bonchev–Trinajstić information content (AvgIpc) is 2.45. The van der Waals surface area contributed by atoms with Gasteiger partial charge in [-0.15, -0.1) is 11.3 Å². The highest BCUT2D eigenvalue weighted by atomic mass is 35.5. The average molecular weight is 234 g/mol. The van der Waals surface area contributed by atoms with Crippen LogP contribution in [0, 0.1) is 6.92 Å². The molecule has 0 aliphatic rings. The Morgan fingerprint density at radius 1 is 1.57 bits per heavy atom. The van der Waals surface area contributed by atoms with Crippen LogP contribution in [0.15, 0.2) is 0 Å². The molecule has 14 heavy (non-hydrogen) atoms. The Labute approximate surface area is 91.7 Å². The summed E-state index contributed by atoms with van der Waals surface area (Å²) in [5.41, 5.74) is 0.324. The van der Waals surface area contributed by atoms with Gasteiger partial charge >= 0.3 is 0 Å². The summed E-state index contributed by atoms with van der Waals surface area (Å²) in [6.45, 7) is 3.12. The minimum Gasteiger partial charge on any atom is -0.349 e. The van der Waals surface area contributed by atoms with E-state index in [0.717, 1.165) is 11.6 Å². The predicted octanol–water partition coefficient (Wildman–Crippen LogP) is 1.05. The number of carbonyl (C=O) groups excluding carboxylic acids is 1. The smallest absolute Gasteiger partial charge is 0.272 e. The van der Waals surface area contributed by atoms with Crippen LogP contribution in [0.1, 0.15) is 15.5 Å². The summed E-state index contributed by atoms with van der Waals surface area (Å²) < 4.78 is 0.449. The number of nitrogens with zero attached hydrogens (tertiary/aromatic N) is 1. The lowest BCUT2D eigenvalue weighted by molar-refractivity contribution is 0.0950. The van der Waals surface area contributed by atoms with Crippen LogP contribution >= 0.6 is 22.9 Å². The van der Waals surface area contributed by atoms with Crippen LogP contribution in [0.3, 0.4) is 0 Å². The van der Waals surface area contributed by atoms with E-state index in [2.05, 4.69) is 15.6 Å². The lowest BCUT2D eigenvalue weighted by atomic mass is 10.4. The zero-order valence-corrected chi connectivity index (χ0v) is 9.63. The SMILES string of the molecule is CNCCNC(=O)c1nc(C)sc1Cl. The number of hydrogen-bond acceptors (Lipinski definition) is 4. The second kappa shape index (κ2) is 5.29. The maximum absolute atomic E-state index is 11.5. The van der Waals surface area contributed by atoms with Gasteiger partial charge in [0.05, 0.1) is 5.01 Å². The van der Waals surface area contributed by atoms with E-state index >= 15 is 0 Å². The molecule has 1 aromatic rings. The van der Waals surface area contributed by atoms with Crippen molar-refractivity contribution in [2.75, 3.05) is 20.1 Å². The van der Waals surface area contributed by atoms with E-state index in [9.17, 15) is 4.79 Å². The molecule has 1 aromatic heterocycles. The standard InChI is InChI=1S/C8H12ClN3OS/c1-5-12-6(7(9)14-5)8(13)11-4-3-10-2/h10H,3-4H2,1-2H3,(H,11,13). The van der Waals surface area contributed by atoms with Crippen molar-refractivity contribution in [1.29, 1.82) is 0 Å². The zero-order chi connectivity index (χ0) is 10.6. The molecule has 1 heterocycles. The molecule has 0 unspecified atom stereocenters. The normalized spacial score (nSPS) is 10.2. The topological polar surface area (TPSA) is 54.0 Å².